The zero-order chi connectivity index (χ0) is 18.4. The van der Waals surface area contributed by atoms with Crippen molar-refractivity contribution in [3.63, 3.8) is 0 Å². The first-order valence-corrected chi connectivity index (χ1v) is 7.86. The monoisotopic (exact) mass is 341 g/mol. The van der Waals surface area contributed by atoms with Crippen molar-refractivity contribution in [2.75, 3.05) is 5.32 Å². The molecule has 0 aliphatic heterocycles. The van der Waals surface area contributed by atoms with Crippen LogP contribution < -0.4 is 10.6 Å². The van der Waals surface area contributed by atoms with Gasteiger partial charge in [-0.05, 0) is 30.5 Å². The van der Waals surface area contributed by atoms with E-state index >= 15 is 0 Å². The molecule has 0 radical (unpaired) electrons. The van der Waals surface area contributed by atoms with Gasteiger partial charge in [0.2, 0.25) is 0 Å². The number of nitrogens with zero attached hydrogens (tertiary/aromatic N) is 1. The number of carbonyl (C=O) groups is 2. The van der Waals surface area contributed by atoms with Gasteiger partial charge in [0.15, 0.2) is 0 Å². The van der Waals surface area contributed by atoms with Gasteiger partial charge in [0.1, 0.15) is 0 Å². The van der Waals surface area contributed by atoms with Crippen molar-refractivity contribution in [2.24, 2.45) is 0 Å². The molecule has 0 saturated carbocycles. The van der Waals surface area contributed by atoms with Crippen LogP contribution >= 0.6 is 0 Å². The Hall–Kier alpha value is -3.22. The van der Waals surface area contributed by atoms with Gasteiger partial charge in [-0.1, -0.05) is 37.3 Å². The van der Waals surface area contributed by atoms with Crippen LogP contribution in [-0.2, 0) is 16.0 Å². The number of nitrogens with one attached hydrogen (secondary N) is 2. The normalized spacial score (nSPS) is 11.4. The van der Waals surface area contributed by atoms with Crippen LogP contribution in [0.5, 0.6) is 0 Å². The molecule has 1 atom stereocenters. The lowest BCUT2D eigenvalue weighted by Crippen LogP contribution is -2.36. The van der Waals surface area contributed by atoms with Gasteiger partial charge in [-0.15, -0.1) is 0 Å². The molecule has 2 amide bonds. The second-order valence-electron chi connectivity index (χ2n) is 5.55. The van der Waals surface area contributed by atoms with Gasteiger partial charge in [-0.3, -0.25) is 19.7 Å². The van der Waals surface area contributed by atoms with Gasteiger partial charge in [0.05, 0.1) is 11.0 Å². The topological polar surface area (TPSA) is 101 Å². The number of nitro benzene ring substituents is 1. The lowest BCUT2D eigenvalue weighted by molar-refractivity contribution is -0.384. The molecule has 0 aromatic heterocycles. The Morgan fingerprint density at radius 2 is 1.80 bits per heavy atom. The lowest BCUT2D eigenvalue weighted by atomic mass is 10.1. The first-order valence-electron chi connectivity index (χ1n) is 7.86. The summed E-state index contributed by atoms with van der Waals surface area (Å²) in [6.07, 6.45) is 0.923. The molecule has 1 unspecified atom stereocenters. The molecule has 0 aliphatic carbocycles. The molecular weight excluding hydrogens is 322 g/mol. The zero-order valence-electron chi connectivity index (χ0n) is 14.0. The third-order valence-electron chi connectivity index (χ3n) is 3.76. The second kappa shape index (κ2) is 8.05. The van der Waals surface area contributed by atoms with Gasteiger partial charge in [-0.2, -0.15) is 0 Å². The van der Waals surface area contributed by atoms with Gasteiger partial charge >= 0.3 is 11.8 Å². The smallest absolute Gasteiger partial charge is 0.313 e. The van der Waals surface area contributed by atoms with Gasteiger partial charge in [0.25, 0.3) is 5.69 Å². The van der Waals surface area contributed by atoms with Gasteiger partial charge in [0, 0.05) is 17.8 Å². The van der Waals surface area contributed by atoms with Crippen molar-refractivity contribution in [2.45, 2.75) is 26.3 Å². The number of hydrogen-bond donors (Lipinski definition) is 2. The molecule has 2 N–H and O–H groups in total. The summed E-state index contributed by atoms with van der Waals surface area (Å²) in [5, 5.41) is 15.7. The fourth-order valence-corrected chi connectivity index (χ4v) is 2.27. The molecule has 2 aromatic rings. The summed E-state index contributed by atoms with van der Waals surface area (Å²) in [7, 11) is 0. The van der Waals surface area contributed by atoms with Gasteiger partial charge < -0.3 is 10.6 Å². The average molecular weight is 341 g/mol. The summed E-state index contributed by atoms with van der Waals surface area (Å²) >= 11 is 0. The molecule has 2 rings (SSSR count). The number of rotatable bonds is 5. The van der Waals surface area contributed by atoms with E-state index in [1.54, 1.807) is 6.92 Å². The van der Waals surface area contributed by atoms with Crippen molar-refractivity contribution in [1.82, 2.24) is 5.32 Å². The van der Waals surface area contributed by atoms with E-state index in [1.807, 2.05) is 24.3 Å². The van der Waals surface area contributed by atoms with Crippen LogP contribution in [0.3, 0.4) is 0 Å². The van der Waals surface area contributed by atoms with E-state index in [1.165, 1.54) is 29.8 Å². The molecule has 7 nitrogen and oxygen atoms in total. The Morgan fingerprint density at radius 3 is 2.40 bits per heavy atom. The molecule has 0 saturated heterocycles. The van der Waals surface area contributed by atoms with Crippen molar-refractivity contribution in [3.05, 3.63) is 69.8 Å². The number of anilines is 1. The van der Waals surface area contributed by atoms with Crippen LogP contribution in [0.4, 0.5) is 11.4 Å². The first kappa shape index (κ1) is 18.1. The Bertz CT molecular complexity index is 787. The lowest BCUT2D eigenvalue weighted by Gasteiger charge is -2.14. The molecule has 2 aromatic carbocycles. The van der Waals surface area contributed by atoms with Crippen LogP contribution in [0.25, 0.3) is 0 Å². The quantitative estimate of drug-likeness (QED) is 0.496. The van der Waals surface area contributed by atoms with E-state index in [4.69, 9.17) is 0 Å². The number of non-ortho nitro benzene ring substituents is 1. The zero-order valence-corrected chi connectivity index (χ0v) is 14.0. The highest BCUT2D eigenvalue weighted by molar-refractivity contribution is 6.39. The number of benzene rings is 2. The van der Waals surface area contributed by atoms with E-state index in [2.05, 4.69) is 17.6 Å². The standard InChI is InChI=1S/C18H19N3O4/c1-3-13-7-9-14(10-8-13)12(2)19-17(22)18(23)20-15-5-4-6-16(11-15)21(24)25/h4-12H,3H2,1-2H3,(H,19,22)(H,20,23). The maximum absolute atomic E-state index is 12.0. The van der Waals surface area contributed by atoms with Gasteiger partial charge in [-0.25, -0.2) is 0 Å². The summed E-state index contributed by atoms with van der Waals surface area (Å²) < 4.78 is 0. The Balaban J connectivity index is 1.98. The van der Waals surface area contributed by atoms with Crippen molar-refractivity contribution in [3.8, 4) is 0 Å². The summed E-state index contributed by atoms with van der Waals surface area (Å²) in [5.74, 6) is -1.68. The number of amides is 2. The number of carbonyl (C=O) groups excluding carboxylic acids is 2. The molecule has 0 fully saturated rings. The Labute approximate surface area is 145 Å². The predicted molar refractivity (Wildman–Crippen MR) is 94.1 cm³/mol. The maximum atomic E-state index is 12.0. The number of nitro groups is 1. The largest absolute Gasteiger partial charge is 0.341 e. The van der Waals surface area contributed by atoms with Crippen molar-refractivity contribution in [1.29, 1.82) is 0 Å². The van der Waals surface area contributed by atoms with Crippen molar-refractivity contribution >= 4 is 23.2 Å². The first-order chi connectivity index (χ1) is 11.9. The fourth-order valence-electron chi connectivity index (χ4n) is 2.27. The molecule has 0 aliphatic rings. The molecule has 7 heteroatoms. The van der Waals surface area contributed by atoms with E-state index in [0.717, 1.165) is 12.0 Å². The molecule has 0 bridgehead atoms. The third kappa shape index (κ3) is 4.87. The van der Waals surface area contributed by atoms with Crippen LogP contribution in [-0.4, -0.2) is 16.7 Å². The predicted octanol–water partition coefficient (Wildman–Crippen LogP) is 2.97. The van der Waals surface area contributed by atoms with E-state index in [-0.39, 0.29) is 17.4 Å². The van der Waals surface area contributed by atoms with Crippen LogP contribution in [0.15, 0.2) is 48.5 Å². The average Bonchev–Trinajstić information content (AvgIpc) is 2.61. The Kier molecular flexibility index (Phi) is 5.84. The minimum absolute atomic E-state index is 0.164. The third-order valence-corrected chi connectivity index (χ3v) is 3.76. The molecule has 25 heavy (non-hydrogen) atoms. The van der Waals surface area contributed by atoms with Crippen LogP contribution in [0, 0.1) is 10.1 Å². The maximum Gasteiger partial charge on any atom is 0.313 e. The number of aryl methyl sites for hydroxylation is 1. The van der Waals surface area contributed by atoms with E-state index in [0.29, 0.717) is 0 Å². The second-order valence-corrected chi connectivity index (χ2v) is 5.55. The molecule has 0 spiro atoms. The highest BCUT2D eigenvalue weighted by Gasteiger charge is 2.18. The summed E-state index contributed by atoms with van der Waals surface area (Å²) in [6, 6.07) is 12.8. The van der Waals surface area contributed by atoms with Crippen LogP contribution in [0.2, 0.25) is 0 Å². The number of hydrogen-bond acceptors (Lipinski definition) is 4. The van der Waals surface area contributed by atoms with Crippen LogP contribution in [0.1, 0.15) is 31.0 Å². The molecule has 130 valence electrons. The fraction of sp³-hybridized carbons (Fsp3) is 0.222. The minimum Gasteiger partial charge on any atom is -0.341 e. The SMILES string of the molecule is CCc1ccc(C(C)NC(=O)C(=O)Nc2cccc([N+](=O)[O-])c2)cc1. The van der Waals surface area contributed by atoms with Crippen molar-refractivity contribution < 1.29 is 14.5 Å². The summed E-state index contributed by atoms with van der Waals surface area (Å²) in [6.45, 7) is 3.83. The summed E-state index contributed by atoms with van der Waals surface area (Å²) in [4.78, 5) is 34.1. The minimum atomic E-state index is -0.877. The van der Waals surface area contributed by atoms with E-state index < -0.39 is 16.7 Å². The highest BCUT2D eigenvalue weighted by Crippen LogP contribution is 2.17. The molecular formula is C18H19N3O4. The highest BCUT2D eigenvalue weighted by atomic mass is 16.6. The summed E-state index contributed by atoms with van der Waals surface area (Å²) in [5.41, 5.74) is 2.09. The van der Waals surface area contributed by atoms with E-state index in [9.17, 15) is 19.7 Å². The Morgan fingerprint density at radius 1 is 1.12 bits per heavy atom. The molecule has 0 heterocycles.